The summed E-state index contributed by atoms with van der Waals surface area (Å²) in [6.07, 6.45) is 2.11. The quantitative estimate of drug-likeness (QED) is 0.829. The molecule has 2 aliphatic heterocycles. The third-order valence-electron chi connectivity index (χ3n) is 4.42. The van der Waals surface area contributed by atoms with Gasteiger partial charge in [-0.05, 0) is 38.3 Å². The number of rotatable bonds is 4. The summed E-state index contributed by atoms with van der Waals surface area (Å²) < 4.78 is 5.17. The minimum atomic E-state index is -0.377. The number of ether oxygens (including phenoxy) is 1. The van der Waals surface area contributed by atoms with Crippen LogP contribution in [0.3, 0.4) is 0 Å². The standard InChI is InChI=1S/C18H23N3O3/c1-3-24-17(22)16-12(2)19-18(23)20-14(16)11-21-10-6-8-13-7-4-5-9-15(13)21/h4-5,7,9,12H,3,6,8,10-11H2,1-2H3,(H2,19,20,23)/t12-/m1/s1. The molecule has 6 nitrogen and oxygen atoms in total. The lowest BCUT2D eigenvalue weighted by Crippen LogP contribution is -2.51. The van der Waals surface area contributed by atoms with Crippen LogP contribution in [0.4, 0.5) is 10.5 Å². The molecule has 1 aromatic rings. The Labute approximate surface area is 141 Å². The molecule has 24 heavy (non-hydrogen) atoms. The Morgan fingerprint density at radius 2 is 2.17 bits per heavy atom. The Morgan fingerprint density at radius 3 is 2.96 bits per heavy atom. The lowest BCUT2D eigenvalue weighted by Gasteiger charge is -2.34. The van der Waals surface area contributed by atoms with E-state index in [1.54, 1.807) is 13.8 Å². The van der Waals surface area contributed by atoms with Crippen LogP contribution in [-0.2, 0) is 16.0 Å². The van der Waals surface area contributed by atoms with Crippen molar-refractivity contribution in [3.05, 3.63) is 41.1 Å². The SMILES string of the molecule is CCOC(=O)C1=C(CN2CCCc3ccccc32)NC(=O)N[C@@H]1C. The number of carbonyl (C=O) groups is 2. The molecule has 6 heteroatoms. The fraction of sp³-hybridized carbons (Fsp3) is 0.444. The smallest absolute Gasteiger partial charge is 0.337 e. The molecule has 2 heterocycles. The minimum absolute atomic E-state index is 0.282. The molecule has 0 bridgehead atoms. The predicted octanol–water partition coefficient (Wildman–Crippen LogP) is 1.96. The largest absolute Gasteiger partial charge is 0.463 e. The Kier molecular flexibility index (Phi) is 4.74. The Balaban J connectivity index is 1.92. The van der Waals surface area contributed by atoms with Gasteiger partial charge >= 0.3 is 12.0 Å². The first-order chi connectivity index (χ1) is 11.6. The van der Waals surface area contributed by atoms with Crippen molar-refractivity contribution >= 4 is 17.7 Å². The van der Waals surface area contributed by atoms with E-state index in [9.17, 15) is 9.59 Å². The molecule has 1 aromatic carbocycles. The van der Waals surface area contributed by atoms with Crippen LogP contribution >= 0.6 is 0 Å². The third kappa shape index (κ3) is 3.22. The van der Waals surface area contributed by atoms with Gasteiger partial charge in [0.25, 0.3) is 0 Å². The highest BCUT2D eigenvalue weighted by molar-refractivity contribution is 5.94. The van der Waals surface area contributed by atoms with Gasteiger partial charge in [0.15, 0.2) is 0 Å². The maximum absolute atomic E-state index is 12.3. The molecule has 0 saturated heterocycles. The molecule has 0 fully saturated rings. The lowest BCUT2D eigenvalue weighted by atomic mass is 9.99. The first-order valence-electron chi connectivity index (χ1n) is 8.40. The van der Waals surface area contributed by atoms with Crippen molar-refractivity contribution < 1.29 is 14.3 Å². The number of urea groups is 1. The molecule has 0 spiro atoms. The van der Waals surface area contributed by atoms with E-state index in [1.165, 1.54) is 11.3 Å². The third-order valence-corrected chi connectivity index (χ3v) is 4.42. The van der Waals surface area contributed by atoms with Crippen molar-refractivity contribution in [1.82, 2.24) is 10.6 Å². The number of hydrogen-bond acceptors (Lipinski definition) is 4. The van der Waals surface area contributed by atoms with E-state index in [0.29, 0.717) is 24.4 Å². The maximum atomic E-state index is 12.3. The molecule has 0 aromatic heterocycles. The van der Waals surface area contributed by atoms with Gasteiger partial charge in [-0.1, -0.05) is 18.2 Å². The van der Waals surface area contributed by atoms with E-state index >= 15 is 0 Å². The van der Waals surface area contributed by atoms with E-state index < -0.39 is 0 Å². The van der Waals surface area contributed by atoms with Gasteiger partial charge in [-0.3, -0.25) is 0 Å². The second-order valence-electron chi connectivity index (χ2n) is 6.09. The van der Waals surface area contributed by atoms with Gasteiger partial charge < -0.3 is 20.3 Å². The van der Waals surface area contributed by atoms with Crippen LogP contribution in [0.2, 0.25) is 0 Å². The number of fused-ring (bicyclic) bond motifs is 1. The monoisotopic (exact) mass is 329 g/mol. The van der Waals surface area contributed by atoms with Crippen LogP contribution in [0.15, 0.2) is 35.5 Å². The molecule has 1 atom stereocenters. The van der Waals surface area contributed by atoms with Gasteiger partial charge in [0.05, 0.1) is 30.5 Å². The zero-order valence-corrected chi connectivity index (χ0v) is 14.1. The summed E-state index contributed by atoms with van der Waals surface area (Å²) in [5.41, 5.74) is 3.59. The molecule has 0 saturated carbocycles. The van der Waals surface area contributed by atoms with E-state index in [2.05, 4.69) is 27.7 Å². The summed E-state index contributed by atoms with van der Waals surface area (Å²) >= 11 is 0. The normalized spacial score (nSPS) is 20.2. The Hall–Kier alpha value is -2.50. The second-order valence-corrected chi connectivity index (χ2v) is 6.09. The molecular formula is C18H23N3O3. The molecule has 0 aliphatic carbocycles. The number of anilines is 1. The first-order valence-corrected chi connectivity index (χ1v) is 8.40. The summed E-state index contributed by atoms with van der Waals surface area (Å²) in [7, 11) is 0. The maximum Gasteiger partial charge on any atom is 0.337 e. The summed E-state index contributed by atoms with van der Waals surface area (Å²) in [6.45, 7) is 5.27. The fourth-order valence-corrected chi connectivity index (χ4v) is 3.37. The van der Waals surface area contributed by atoms with E-state index in [0.717, 1.165) is 19.4 Å². The molecule has 3 rings (SSSR count). The highest BCUT2D eigenvalue weighted by Crippen LogP contribution is 2.28. The first kappa shape index (κ1) is 16.4. The second kappa shape index (κ2) is 6.95. The number of hydrogen-bond donors (Lipinski definition) is 2. The number of nitrogens with zero attached hydrogens (tertiary/aromatic N) is 1. The number of aryl methyl sites for hydroxylation is 1. The Morgan fingerprint density at radius 1 is 1.38 bits per heavy atom. The summed E-state index contributed by atoms with van der Waals surface area (Å²) in [5, 5.41) is 5.53. The number of benzene rings is 1. The van der Waals surface area contributed by atoms with Crippen molar-refractivity contribution in [1.29, 1.82) is 0 Å². The number of amides is 2. The van der Waals surface area contributed by atoms with Gasteiger partial charge in [0.1, 0.15) is 0 Å². The van der Waals surface area contributed by atoms with E-state index in [-0.39, 0.29) is 18.0 Å². The minimum Gasteiger partial charge on any atom is -0.463 e. The lowest BCUT2D eigenvalue weighted by molar-refractivity contribution is -0.138. The van der Waals surface area contributed by atoms with Crippen LogP contribution < -0.4 is 15.5 Å². The average molecular weight is 329 g/mol. The molecule has 2 N–H and O–H groups in total. The zero-order valence-electron chi connectivity index (χ0n) is 14.1. The van der Waals surface area contributed by atoms with Crippen LogP contribution in [-0.4, -0.2) is 37.7 Å². The fourth-order valence-electron chi connectivity index (χ4n) is 3.37. The van der Waals surface area contributed by atoms with Crippen molar-refractivity contribution in [2.24, 2.45) is 0 Å². The van der Waals surface area contributed by atoms with Crippen molar-refractivity contribution in [3.63, 3.8) is 0 Å². The highest BCUT2D eigenvalue weighted by Gasteiger charge is 2.31. The van der Waals surface area contributed by atoms with Crippen LogP contribution in [0.25, 0.3) is 0 Å². The molecule has 0 unspecified atom stereocenters. The summed E-state index contributed by atoms with van der Waals surface area (Å²) in [6, 6.07) is 7.63. The van der Waals surface area contributed by atoms with Crippen molar-refractivity contribution in [2.45, 2.75) is 32.7 Å². The number of nitrogens with one attached hydrogen (secondary N) is 2. The van der Waals surface area contributed by atoms with E-state index in [4.69, 9.17) is 4.74 Å². The van der Waals surface area contributed by atoms with Gasteiger partial charge in [-0.25, -0.2) is 9.59 Å². The highest BCUT2D eigenvalue weighted by atomic mass is 16.5. The summed E-state index contributed by atoms with van der Waals surface area (Å²) in [5.74, 6) is -0.377. The van der Waals surface area contributed by atoms with Gasteiger partial charge in [-0.15, -0.1) is 0 Å². The molecule has 2 aliphatic rings. The van der Waals surface area contributed by atoms with Gasteiger partial charge in [0.2, 0.25) is 0 Å². The molecule has 128 valence electrons. The molecule has 2 amide bonds. The molecule has 0 radical (unpaired) electrons. The number of para-hydroxylation sites is 1. The average Bonchev–Trinajstić information content (AvgIpc) is 2.55. The summed E-state index contributed by atoms with van der Waals surface area (Å²) in [4.78, 5) is 26.4. The molecular weight excluding hydrogens is 306 g/mol. The van der Waals surface area contributed by atoms with Crippen LogP contribution in [0, 0.1) is 0 Å². The van der Waals surface area contributed by atoms with Crippen LogP contribution in [0.1, 0.15) is 25.8 Å². The van der Waals surface area contributed by atoms with Crippen LogP contribution in [0.5, 0.6) is 0 Å². The number of carbonyl (C=O) groups excluding carboxylic acids is 2. The topological polar surface area (TPSA) is 70.7 Å². The van der Waals surface area contributed by atoms with Crippen molar-refractivity contribution in [2.75, 3.05) is 24.6 Å². The van der Waals surface area contributed by atoms with Gasteiger partial charge in [0, 0.05) is 12.2 Å². The van der Waals surface area contributed by atoms with E-state index in [1.807, 2.05) is 12.1 Å². The Bertz CT molecular complexity index is 684. The predicted molar refractivity (Wildman–Crippen MR) is 91.8 cm³/mol. The zero-order chi connectivity index (χ0) is 17.1. The number of esters is 1. The van der Waals surface area contributed by atoms with Crippen molar-refractivity contribution in [3.8, 4) is 0 Å². The van der Waals surface area contributed by atoms with Gasteiger partial charge in [-0.2, -0.15) is 0 Å².